The first-order valence-corrected chi connectivity index (χ1v) is 11.2. The van der Waals surface area contributed by atoms with Crippen molar-refractivity contribution >= 4 is 37.6 Å². The van der Waals surface area contributed by atoms with E-state index in [1.165, 1.54) is 11.8 Å². The molecule has 2 aliphatic heterocycles. The van der Waals surface area contributed by atoms with Gasteiger partial charge in [0.25, 0.3) is 5.56 Å². The van der Waals surface area contributed by atoms with Crippen molar-refractivity contribution < 1.29 is 14.5 Å². The summed E-state index contributed by atoms with van der Waals surface area (Å²) in [5.74, 6) is 0.561. The van der Waals surface area contributed by atoms with Gasteiger partial charge in [0.15, 0.2) is 14.2 Å². The topological polar surface area (TPSA) is 137 Å². The average Bonchev–Trinajstić information content (AvgIpc) is 3.28. The molecule has 11 heteroatoms. The number of rotatable bonds is 6. The number of hydrogen-bond donors (Lipinski definition) is 5. The number of ether oxygens (including phenoxy) is 1. The van der Waals surface area contributed by atoms with Crippen LogP contribution in [-0.4, -0.2) is 43.7 Å². The van der Waals surface area contributed by atoms with E-state index in [1.54, 1.807) is 0 Å². The van der Waals surface area contributed by atoms with Crippen molar-refractivity contribution in [2.24, 2.45) is 0 Å². The van der Waals surface area contributed by atoms with E-state index in [-0.39, 0.29) is 28.8 Å². The van der Waals surface area contributed by atoms with Crippen molar-refractivity contribution in [2.75, 3.05) is 22.6 Å². The zero-order valence-electron chi connectivity index (χ0n) is 15.0. The first-order chi connectivity index (χ1) is 13.5. The second-order valence-corrected chi connectivity index (χ2v) is 9.58. The third-order valence-corrected chi connectivity index (χ3v) is 7.40. The molecule has 3 unspecified atom stereocenters. The summed E-state index contributed by atoms with van der Waals surface area (Å²) in [6.45, 7) is 0.418. The van der Waals surface area contributed by atoms with Crippen LogP contribution in [0.5, 0.6) is 0 Å². The van der Waals surface area contributed by atoms with Crippen LogP contribution in [0, 0.1) is 0 Å². The number of aromatic nitrogens is 2. The molecule has 28 heavy (non-hydrogen) atoms. The van der Waals surface area contributed by atoms with Crippen LogP contribution in [0.4, 0.5) is 17.5 Å². The van der Waals surface area contributed by atoms with Gasteiger partial charge < -0.3 is 30.5 Å². The molecular formula is C17H22N5O4PS. The highest BCUT2D eigenvalue weighted by atomic mass is 32.2. The number of thioether (sulfide) groups is 1. The molecule has 0 bridgehead atoms. The number of aromatic amines is 1. The fourth-order valence-corrected chi connectivity index (χ4v) is 5.59. The lowest BCUT2D eigenvalue weighted by atomic mass is 10.2. The molecule has 2 aromatic rings. The van der Waals surface area contributed by atoms with E-state index in [4.69, 9.17) is 10.5 Å². The van der Waals surface area contributed by atoms with E-state index >= 15 is 0 Å². The fourth-order valence-electron chi connectivity index (χ4n) is 3.48. The van der Waals surface area contributed by atoms with Crippen LogP contribution in [0.15, 0.2) is 40.0 Å². The van der Waals surface area contributed by atoms with E-state index in [1.807, 2.05) is 35.2 Å². The largest absolute Gasteiger partial charge is 0.369 e. The van der Waals surface area contributed by atoms with E-state index < -0.39 is 8.38 Å². The fraction of sp³-hybridized carbons (Fsp3) is 0.412. The number of fused-ring (bicyclic) bond motifs is 1. The van der Waals surface area contributed by atoms with Crippen molar-refractivity contribution in [2.45, 2.75) is 41.5 Å². The molecule has 4 rings (SSSR count). The lowest BCUT2D eigenvalue weighted by Crippen LogP contribution is -2.36. The maximum absolute atomic E-state index is 12.0. The molecule has 1 aromatic carbocycles. The predicted molar refractivity (Wildman–Crippen MR) is 110 cm³/mol. The van der Waals surface area contributed by atoms with Crippen molar-refractivity contribution in [1.29, 1.82) is 0 Å². The van der Waals surface area contributed by atoms with Gasteiger partial charge in [-0.15, -0.1) is 11.8 Å². The number of anilines is 3. The van der Waals surface area contributed by atoms with Crippen LogP contribution in [0.2, 0.25) is 0 Å². The Hall–Kier alpha value is -1.84. The molecule has 3 atom stereocenters. The van der Waals surface area contributed by atoms with E-state index in [0.717, 1.165) is 17.7 Å². The Morgan fingerprint density at radius 2 is 2.14 bits per heavy atom. The number of benzene rings is 1. The van der Waals surface area contributed by atoms with E-state index in [9.17, 15) is 14.6 Å². The van der Waals surface area contributed by atoms with Gasteiger partial charge in [0.1, 0.15) is 11.9 Å². The summed E-state index contributed by atoms with van der Waals surface area (Å²) < 4.78 is 6.17. The molecule has 3 heterocycles. The summed E-state index contributed by atoms with van der Waals surface area (Å²) in [5, 5.41) is 3.03. The summed E-state index contributed by atoms with van der Waals surface area (Å²) in [7, 11) is -2.10. The number of nitrogen functional groups attached to an aromatic ring is 1. The highest BCUT2D eigenvalue weighted by Crippen LogP contribution is 2.46. The molecule has 0 spiro atoms. The SMILES string of the molecule is Nc1nc2c(c(=O)[nH]1)NCN2C1CCC(CC(Sc2ccccc2)P(O)O)O1. The summed E-state index contributed by atoms with van der Waals surface area (Å²) in [5.41, 5.74) is 5.77. The van der Waals surface area contributed by atoms with Gasteiger partial charge in [-0.3, -0.25) is 9.78 Å². The minimum atomic E-state index is -2.10. The number of hydrogen-bond acceptors (Lipinski definition) is 9. The van der Waals surface area contributed by atoms with Crippen molar-refractivity contribution in [3.8, 4) is 0 Å². The van der Waals surface area contributed by atoms with Gasteiger partial charge in [-0.2, -0.15) is 4.98 Å². The summed E-state index contributed by atoms with van der Waals surface area (Å²) in [6.07, 6.45) is 1.76. The second kappa shape index (κ2) is 8.26. The van der Waals surface area contributed by atoms with Gasteiger partial charge in [0, 0.05) is 4.90 Å². The Balaban J connectivity index is 1.41. The molecule has 2 aliphatic rings. The quantitative estimate of drug-likeness (QED) is 0.348. The van der Waals surface area contributed by atoms with Crippen LogP contribution in [0.1, 0.15) is 19.3 Å². The number of H-pyrrole nitrogens is 1. The molecule has 1 aromatic heterocycles. The van der Waals surface area contributed by atoms with E-state index in [0.29, 0.717) is 24.6 Å². The standard InChI is InChI=1S/C17H22N5O4PS/c18-17-20-15-14(16(23)21-17)19-9-22(15)12-7-6-10(26-12)8-13(27(24)25)28-11-4-2-1-3-5-11/h1-5,10,12-13,19,24-25H,6-9H2,(H3,18,20,21,23). The molecule has 0 saturated carbocycles. The molecule has 0 radical (unpaired) electrons. The Morgan fingerprint density at radius 3 is 2.89 bits per heavy atom. The van der Waals surface area contributed by atoms with Gasteiger partial charge in [-0.1, -0.05) is 18.2 Å². The van der Waals surface area contributed by atoms with Crippen LogP contribution in [0.3, 0.4) is 0 Å². The molecular weight excluding hydrogens is 401 g/mol. The Morgan fingerprint density at radius 1 is 1.36 bits per heavy atom. The molecule has 9 nitrogen and oxygen atoms in total. The van der Waals surface area contributed by atoms with Gasteiger partial charge in [0.2, 0.25) is 5.95 Å². The van der Waals surface area contributed by atoms with Crippen molar-refractivity contribution in [1.82, 2.24) is 9.97 Å². The predicted octanol–water partition coefficient (Wildman–Crippen LogP) is 1.85. The molecule has 1 saturated heterocycles. The van der Waals surface area contributed by atoms with Crippen molar-refractivity contribution in [3.63, 3.8) is 0 Å². The Bertz CT molecular complexity index is 884. The van der Waals surface area contributed by atoms with Gasteiger partial charge >= 0.3 is 0 Å². The minimum Gasteiger partial charge on any atom is -0.369 e. The number of nitrogens with two attached hydrogens (primary N) is 1. The normalized spacial score (nSPS) is 22.3. The highest BCUT2D eigenvalue weighted by Gasteiger charge is 2.37. The summed E-state index contributed by atoms with van der Waals surface area (Å²) in [6, 6.07) is 9.69. The lowest BCUT2D eigenvalue weighted by molar-refractivity contribution is 0.0416. The zero-order valence-corrected chi connectivity index (χ0v) is 16.7. The summed E-state index contributed by atoms with van der Waals surface area (Å²) >= 11 is 1.46. The van der Waals surface area contributed by atoms with Crippen molar-refractivity contribution in [3.05, 3.63) is 40.7 Å². The Kier molecular flexibility index (Phi) is 5.75. The lowest BCUT2D eigenvalue weighted by Gasteiger charge is -2.26. The highest BCUT2D eigenvalue weighted by molar-refractivity contribution is 8.04. The first-order valence-electron chi connectivity index (χ1n) is 8.95. The van der Waals surface area contributed by atoms with Crippen LogP contribution < -0.4 is 21.5 Å². The van der Waals surface area contributed by atoms with Crippen LogP contribution in [0.25, 0.3) is 0 Å². The Labute approximate surface area is 167 Å². The second-order valence-electron chi connectivity index (χ2n) is 6.69. The van der Waals surface area contributed by atoms with Gasteiger partial charge in [-0.25, -0.2) is 0 Å². The average molecular weight is 423 g/mol. The third-order valence-electron chi connectivity index (χ3n) is 4.79. The molecule has 0 amide bonds. The molecule has 0 aliphatic carbocycles. The van der Waals surface area contributed by atoms with Crippen LogP contribution >= 0.6 is 20.1 Å². The maximum Gasteiger partial charge on any atom is 0.277 e. The van der Waals surface area contributed by atoms with Crippen LogP contribution in [-0.2, 0) is 4.74 Å². The monoisotopic (exact) mass is 423 g/mol. The molecule has 6 N–H and O–H groups in total. The zero-order chi connectivity index (χ0) is 19.7. The van der Waals surface area contributed by atoms with Gasteiger partial charge in [0.05, 0.1) is 17.8 Å². The smallest absolute Gasteiger partial charge is 0.277 e. The minimum absolute atomic E-state index is 0.0672. The number of nitrogens with one attached hydrogen (secondary N) is 2. The first kappa shape index (κ1) is 19.5. The molecule has 1 fully saturated rings. The number of nitrogens with zero attached hydrogens (tertiary/aromatic N) is 2. The third kappa shape index (κ3) is 4.11. The van der Waals surface area contributed by atoms with Gasteiger partial charge in [-0.05, 0) is 31.4 Å². The maximum atomic E-state index is 12.0. The summed E-state index contributed by atoms with van der Waals surface area (Å²) in [4.78, 5) is 41.0. The van der Waals surface area contributed by atoms with E-state index in [2.05, 4.69) is 15.3 Å². The molecule has 150 valence electrons.